The summed E-state index contributed by atoms with van der Waals surface area (Å²) in [6, 6.07) is 13.4. The number of sulfonamides is 1. The fourth-order valence-electron chi connectivity index (χ4n) is 2.42. The third-order valence-corrected chi connectivity index (χ3v) is 5.98. The van der Waals surface area contributed by atoms with Gasteiger partial charge in [-0.3, -0.25) is 4.79 Å². The molecular formula is C18H21ClN2O3S. The maximum Gasteiger partial charge on any atom is 0.243 e. The molecule has 0 radical (unpaired) electrons. The molecule has 0 spiro atoms. The number of hydrogen-bond acceptors (Lipinski definition) is 3. The van der Waals surface area contributed by atoms with E-state index in [0.717, 1.165) is 16.3 Å². The first-order valence-corrected chi connectivity index (χ1v) is 9.83. The molecule has 0 aromatic heterocycles. The number of amides is 1. The van der Waals surface area contributed by atoms with Crippen molar-refractivity contribution in [2.24, 2.45) is 0 Å². The Hall–Kier alpha value is -1.89. The lowest BCUT2D eigenvalue weighted by Gasteiger charge is -2.20. The number of rotatable bonds is 7. The van der Waals surface area contributed by atoms with E-state index in [9.17, 15) is 13.2 Å². The van der Waals surface area contributed by atoms with Gasteiger partial charge in [0.2, 0.25) is 15.9 Å². The quantitative estimate of drug-likeness (QED) is 0.798. The van der Waals surface area contributed by atoms with Gasteiger partial charge in [0, 0.05) is 17.3 Å². The van der Waals surface area contributed by atoms with Crippen molar-refractivity contribution in [3.8, 4) is 0 Å². The lowest BCUT2D eigenvalue weighted by atomic mass is 10.1. The van der Waals surface area contributed by atoms with Crippen LogP contribution in [-0.4, -0.2) is 31.7 Å². The van der Waals surface area contributed by atoms with Crippen molar-refractivity contribution in [3.63, 3.8) is 0 Å². The molecule has 1 N–H and O–H groups in total. The third kappa shape index (κ3) is 4.81. The Morgan fingerprint density at radius 3 is 2.32 bits per heavy atom. The molecular weight excluding hydrogens is 360 g/mol. The van der Waals surface area contributed by atoms with Crippen LogP contribution in [0, 0.1) is 0 Å². The predicted molar refractivity (Wildman–Crippen MR) is 100 cm³/mol. The summed E-state index contributed by atoms with van der Waals surface area (Å²) in [7, 11) is -3.76. The van der Waals surface area contributed by atoms with Crippen molar-refractivity contribution >= 4 is 33.2 Å². The van der Waals surface area contributed by atoms with Crippen LogP contribution in [-0.2, 0) is 21.2 Å². The van der Waals surface area contributed by atoms with Crippen molar-refractivity contribution in [2.75, 3.05) is 18.4 Å². The molecule has 0 saturated heterocycles. The van der Waals surface area contributed by atoms with E-state index in [1.165, 1.54) is 24.3 Å². The molecule has 5 nitrogen and oxygen atoms in total. The number of aryl methyl sites for hydroxylation is 1. The smallest absolute Gasteiger partial charge is 0.243 e. The normalized spacial score (nSPS) is 11.5. The molecule has 0 atom stereocenters. The Bertz CT molecular complexity index is 836. The molecule has 0 bridgehead atoms. The summed E-state index contributed by atoms with van der Waals surface area (Å²) in [4.78, 5) is 12.5. The van der Waals surface area contributed by atoms with Gasteiger partial charge < -0.3 is 5.32 Å². The molecule has 25 heavy (non-hydrogen) atoms. The third-order valence-electron chi connectivity index (χ3n) is 3.80. The van der Waals surface area contributed by atoms with Crippen LogP contribution in [0.5, 0.6) is 0 Å². The van der Waals surface area contributed by atoms with Crippen LogP contribution < -0.4 is 5.32 Å². The second kappa shape index (κ2) is 8.47. The second-order valence-corrected chi connectivity index (χ2v) is 7.82. The summed E-state index contributed by atoms with van der Waals surface area (Å²) in [6.07, 6.45) is 0.775. The van der Waals surface area contributed by atoms with Crippen molar-refractivity contribution in [3.05, 3.63) is 59.1 Å². The zero-order chi connectivity index (χ0) is 18.4. The summed E-state index contributed by atoms with van der Waals surface area (Å²) in [5, 5.41) is 3.25. The second-order valence-electron chi connectivity index (χ2n) is 5.44. The highest BCUT2D eigenvalue weighted by Crippen LogP contribution is 2.19. The fraction of sp³-hybridized carbons (Fsp3) is 0.278. The summed E-state index contributed by atoms with van der Waals surface area (Å²) in [6.45, 7) is 3.63. The zero-order valence-corrected chi connectivity index (χ0v) is 15.8. The maximum atomic E-state index is 12.7. The Morgan fingerprint density at radius 1 is 1.08 bits per heavy atom. The highest BCUT2D eigenvalue weighted by Gasteiger charge is 2.25. The topological polar surface area (TPSA) is 66.5 Å². The lowest BCUT2D eigenvalue weighted by Crippen LogP contribution is -2.37. The molecule has 0 fully saturated rings. The fourth-order valence-corrected chi connectivity index (χ4v) is 3.95. The minimum absolute atomic E-state index is 0.112. The number of carbonyl (C=O) groups excluding carboxylic acids is 1. The molecule has 2 aromatic rings. The van der Waals surface area contributed by atoms with E-state index in [1.54, 1.807) is 13.0 Å². The Kier molecular flexibility index (Phi) is 6.58. The van der Waals surface area contributed by atoms with Gasteiger partial charge in [-0.1, -0.05) is 43.6 Å². The summed E-state index contributed by atoms with van der Waals surface area (Å²) in [5.41, 5.74) is 1.70. The number of halogens is 1. The number of anilines is 1. The highest BCUT2D eigenvalue weighted by atomic mass is 35.5. The first kappa shape index (κ1) is 19.4. The van der Waals surface area contributed by atoms with Crippen LogP contribution in [0.2, 0.25) is 5.02 Å². The van der Waals surface area contributed by atoms with Crippen LogP contribution in [0.3, 0.4) is 0 Å². The maximum absolute atomic E-state index is 12.7. The van der Waals surface area contributed by atoms with Crippen molar-refractivity contribution in [1.29, 1.82) is 0 Å². The summed E-state index contributed by atoms with van der Waals surface area (Å²) in [5.74, 6) is -0.375. The van der Waals surface area contributed by atoms with Gasteiger partial charge in [0.05, 0.1) is 11.4 Å². The minimum atomic E-state index is -3.76. The molecule has 2 rings (SSSR count). The van der Waals surface area contributed by atoms with Crippen LogP contribution in [0.25, 0.3) is 0 Å². The van der Waals surface area contributed by atoms with Crippen LogP contribution in [0.15, 0.2) is 53.4 Å². The van der Waals surface area contributed by atoms with Gasteiger partial charge in [0.15, 0.2) is 0 Å². The molecule has 134 valence electrons. The number of benzene rings is 2. The van der Waals surface area contributed by atoms with E-state index in [-0.39, 0.29) is 23.9 Å². The van der Waals surface area contributed by atoms with Gasteiger partial charge in [-0.2, -0.15) is 4.31 Å². The zero-order valence-electron chi connectivity index (χ0n) is 14.2. The Balaban J connectivity index is 2.15. The number of likely N-dealkylation sites (N-methyl/N-ethyl adjacent to an activating group) is 1. The number of carbonyl (C=O) groups is 1. The van der Waals surface area contributed by atoms with Crippen molar-refractivity contribution in [1.82, 2.24) is 4.31 Å². The minimum Gasteiger partial charge on any atom is -0.325 e. The molecule has 0 aliphatic carbocycles. The van der Waals surface area contributed by atoms with E-state index in [2.05, 4.69) is 5.32 Å². The van der Waals surface area contributed by atoms with E-state index in [1.807, 2.05) is 25.1 Å². The molecule has 0 saturated carbocycles. The first-order valence-electron chi connectivity index (χ1n) is 8.02. The van der Waals surface area contributed by atoms with Crippen LogP contribution in [0.1, 0.15) is 19.4 Å². The summed E-state index contributed by atoms with van der Waals surface area (Å²) < 4.78 is 26.5. The van der Waals surface area contributed by atoms with Gasteiger partial charge in [-0.05, 0) is 42.3 Å². The van der Waals surface area contributed by atoms with E-state index >= 15 is 0 Å². The molecule has 2 aromatic carbocycles. The SMILES string of the molecule is CCc1ccccc1NC(=O)CN(CC)S(=O)(=O)c1ccc(Cl)cc1. The molecule has 0 aliphatic heterocycles. The Labute approximate surface area is 153 Å². The Morgan fingerprint density at radius 2 is 1.72 bits per heavy atom. The van der Waals surface area contributed by atoms with Crippen molar-refractivity contribution < 1.29 is 13.2 Å². The van der Waals surface area contributed by atoms with E-state index in [0.29, 0.717) is 10.7 Å². The number of nitrogens with one attached hydrogen (secondary N) is 1. The van der Waals surface area contributed by atoms with E-state index < -0.39 is 10.0 Å². The van der Waals surface area contributed by atoms with Crippen LogP contribution in [0.4, 0.5) is 5.69 Å². The monoisotopic (exact) mass is 380 g/mol. The molecule has 7 heteroatoms. The molecule has 1 amide bonds. The average molecular weight is 381 g/mol. The predicted octanol–water partition coefficient (Wildman–Crippen LogP) is 3.55. The van der Waals surface area contributed by atoms with Crippen molar-refractivity contribution in [2.45, 2.75) is 25.2 Å². The standard InChI is InChI=1S/C18H21ClN2O3S/c1-3-14-7-5-6-8-17(14)20-18(22)13-21(4-2)25(23,24)16-11-9-15(19)10-12-16/h5-12H,3-4,13H2,1-2H3,(H,20,22). The van der Waals surface area contributed by atoms with Gasteiger partial charge in [0.1, 0.15) is 0 Å². The van der Waals surface area contributed by atoms with Gasteiger partial charge in [-0.15, -0.1) is 0 Å². The number of nitrogens with zero attached hydrogens (tertiary/aromatic N) is 1. The van der Waals surface area contributed by atoms with Gasteiger partial charge in [-0.25, -0.2) is 8.42 Å². The number of hydrogen-bond donors (Lipinski definition) is 1. The lowest BCUT2D eigenvalue weighted by molar-refractivity contribution is -0.116. The van der Waals surface area contributed by atoms with E-state index in [4.69, 9.17) is 11.6 Å². The largest absolute Gasteiger partial charge is 0.325 e. The van der Waals surface area contributed by atoms with Gasteiger partial charge in [0.25, 0.3) is 0 Å². The average Bonchev–Trinajstić information content (AvgIpc) is 2.60. The van der Waals surface area contributed by atoms with Crippen LogP contribution >= 0.6 is 11.6 Å². The molecule has 0 aliphatic rings. The van der Waals surface area contributed by atoms with Gasteiger partial charge >= 0.3 is 0 Å². The molecule has 0 unspecified atom stereocenters. The highest BCUT2D eigenvalue weighted by molar-refractivity contribution is 7.89. The summed E-state index contributed by atoms with van der Waals surface area (Å²) >= 11 is 5.81. The molecule has 0 heterocycles. The number of para-hydroxylation sites is 1. The first-order chi connectivity index (χ1) is 11.9.